The predicted molar refractivity (Wildman–Crippen MR) is 103 cm³/mol. The van der Waals surface area contributed by atoms with Crippen LogP contribution in [-0.2, 0) is 11.2 Å². The van der Waals surface area contributed by atoms with Crippen molar-refractivity contribution in [2.24, 2.45) is 0 Å². The average Bonchev–Trinajstić information content (AvgIpc) is 2.66. The Kier molecular flexibility index (Phi) is 7.49. The van der Waals surface area contributed by atoms with Crippen molar-refractivity contribution >= 4 is 23.5 Å². The number of benzene rings is 2. The molecule has 1 atom stereocenters. The Morgan fingerprint density at radius 2 is 1.93 bits per heavy atom. The number of aliphatic carboxylic acids is 1. The van der Waals surface area contributed by atoms with Gasteiger partial charge < -0.3 is 19.9 Å². The van der Waals surface area contributed by atoms with Crippen molar-refractivity contribution in [1.29, 1.82) is 0 Å². The third-order valence-electron chi connectivity index (χ3n) is 3.83. The van der Waals surface area contributed by atoms with E-state index in [1.165, 1.54) is 19.2 Å². The van der Waals surface area contributed by atoms with Crippen molar-refractivity contribution < 1.29 is 24.2 Å². The van der Waals surface area contributed by atoms with Crippen molar-refractivity contribution in [3.8, 4) is 11.5 Å². The van der Waals surface area contributed by atoms with E-state index in [0.29, 0.717) is 18.1 Å². The van der Waals surface area contributed by atoms with Gasteiger partial charge in [-0.15, -0.1) is 0 Å². The molecule has 2 aromatic carbocycles. The molecule has 0 spiro atoms. The van der Waals surface area contributed by atoms with E-state index in [4.69, 9.17) is 21.1 Å². The van der Waals surface area contributed by atoms with Crippen LogP contribution in [-0.4, -0.2) is 36.7 Å². The third kappa shape index (κ3) is 5.62. The molecule has 0 aliphatic rings. The zero-order valence-corrected chi connectivity index (χ0v) is 16.0. The van der Waals surface area contributed by atoms with Gasteiger partial charge in [0.2, 0.25) is 0 Å². The molecule has 0 bridgehead atoms. The highest BCUT2D eigenvalue weighted by atomic mass is 35.5. The number of nitrogens with one attached hydrogen (secondary N) is 1. The molecule has 144 valence electrons. The van der Waals surface area contributed by atoms with Crippen molar-refractivity contribution in [1.82, 2.24) is 5.32 Å². The van der Waals surface area contributed by atoms with Crippen molar-refractivity contribution in [3.63, 3.8) is 0 Å². The maximum absolute atomic E-state index is 12.6. The molecule has 6 nitrogen and oxygen atoms in total. The molecular weight excluding hydrogens is 370 g/mol. The van der Waals surface area contributed by atoms with Crippen LogP contribution in [0.3, 0.4) is 0 Å². The molecule has 27 heavy (non-hydrogen) atoms. The zero-order chi connectivity index (χ0) is 19.8. The quantitative estimate of drug-likeness (QED) is 0.682. The van der Waals surface area contributed by atoms with E-state index >= 15 is 0 Å². The first-order valence-electron chi connectivity index (χ1n) is 8.54. The van der Waals surface area contributed by atoms with Crippen LogP contribution in [0.5, 0.6) is 11.5 Å². The van der Waals surface area contributed by atoms with Crippen molar-refractivity contribution in [2.75, 3.05) is 13.7 Å². The maximum Gasteiger partial charge on any atom is 0.326 e. The summed E-state index contributed by atoms with van der Waals surface area (Å²) in [5, 5.41) is 12.2. The van der Waals surface area contributed by atoms with E-state index in [1.54, 1.807) is 0 Å². The number of methoxy groups -OCH3 is 1. The SMILES string of the molecule is CCCOc1c(Cl)cc(C(=O)N[C@@H](Cc2ccccc2)C(=O)O)cc1OC. The molecule has 0 radical (unpaired) electrons. The second-order valence-electron chi connectivity index (χ2n) is 5.89. The number of carboxylic acids is 1. The molecule has 0 saturated carbocycles. The fraction of sp³-hybridized carbons (Fsp3) is 0.300. The molecule has 2 rings (SSSR count). The molecule has 1 amide bonds. The molecule has 0 saturated heterocycles. The number of hydrogen-bond donors (Lipinski definition) is 2. The van der Waals surface area contributed by atoms with Crippen LogP contribution in [0.2, 0.25) is 5.02 Å². The Bertz CT molecular complexity index is 794. The smallest absolute Gasteiger partial charge is 0.326 e. The Morgan fingerprint density at radius 1 is 1.22 bits per heavy atom. The number of rotatable bonds is 9. The fourth-order valence-corrected chi connectivity index (χ4v) is 2.75. The molecule has 0 aromatic heterocycles. The van der Waals surface area contributed by atoms with Gasteiger partial charge in [0, 0.05) is 12.0 Å². The van der Waals surface area contributed by atoms with Gasteiger partial charge in [0.05, 0.1) is 18.7 Å². The van der Waals surface area contributed by atoms with E-state index in [0.717, 1.165) is 12.0 Å². The first kappa shape index (κ1) is 20.6. The van der Waals surface area contributed by atoms with Gasteiger partial charge in [-0.25, -0.2) is 4.79 Å². The molecular formula is C20H22ClNO5. The lowest BCUT2D eigenvalue weighted by Crippen LogP contribution is -2.42. The minimum absolute atomic E-state index is 0.171. The minimum Gasteiger partial charge on any atom is -0.493 e. The van der Waals surface area contributed by atoms with E-state index in [9.17, 15) is 14.7 Å². The van der Waals surface area contributed by atoms with E-state index in [-0.39, 0.29) is 17.0 Å². The molecule has 2 N–H and O–H groups in total. The summed E-state index contributed by atoms with van der Waals surface area (Å²) in [5.41, 5.74) is 1.00. The monoisotopic (exact) mass is 391 g/mol. The summed E-state index contributed by atoms with van der Waals surface area (Å²) in [6, 6.07) is 10.9. The van der Waals surface area contributed by atoms with Gasteiger partial charge in [-0.2, -0.15) is 0 Å². The Hall–Kier alpha value is -2.73. The van der Waals surface area contributed by atoms with E-state index in [1.807, 2.05) is 37.3 Å². The third-order valence-corrected chi connectivity index (χ3v) is 4.11. The van der Waals surface area contributed by atoms with Crippen molar-refractivity contribution in [2.45, 2.75) is 25.8 Å². The molecule has 0 unspecified atom stereocenters. The van der Waals surface area contributed by atoms with Crippen molar-refractivity contribution in [3.05, 3.63) is 58.6 Å². The number of halogens is 1. The molecule has 0 aliphatic carbocycles. The number of hydrogen-bond acceptors (Lipinski definition) is 4. The summed E-state index contributed by atoms with van der Waals surface area (Å²) < 4.78 is 10.8. The van der Waals surface area contributed by atoms with Crippen LogP contribution in [0.25, 0.3) is 0 Å². The highest BCUT2D eigenvalue weighted by Gasteiger charge is 2.23. The lowest BCUT2D eigenvalue weighted by Gasteiger charge is -2.17. The number of ether oxygens (including phenoxy) is 2. The summed E-state index contributed by atoms with van der Waals surface area (Å²) >= 11 is 6.22. The van der Waals surface area contributed by atoms with Gasteiger partial charge >= 0.3 is 5.97 Å². The first-order valence-corrected chi connectivity index (χ1v) is 8.92. The normalized spacial score (nSPS) is 11.5. The van der Waals surface area contributed by atoms with Crippen LogP contribution in [0, 0.1) is 0 Å². The van der Waals surface area contributed by atoms with Crippen LogP contribution >= 0.6 is 11.6 Å². The highest BCUT2D eigenvalue weighted by molar-refractivity contribution is 6.32. The average molecular weight is 392 g/mol. The summed E-state index contributed by atoms with van der Waals surface area (Å²) in [4.78, 5) is 24.1. The topological polar surface area (TPSA) is 84.9 Å². The number of carbonyl (C=O) groups is 2. The van der Waals surface area contributed by atoms with Crippen LogP contribution in [0.4, 0.5) is 0 Å². The second kappa shape index (κ2) is 9.83. The van der Waals surface area contributed by atoms with Gasteiger partial charge in [0.1, 0.15) is 6.04 Å². The standard InChI is InChI=1S/C20H22ClNO5/c1-3-9-27-18-15(21)11-14(12-17(18)26-2)19(23)22-16(20(24)25)10-13-7-5-4-6-8-13/h4-8,11-12,16H,3,9-10H2,1-2H3,(H,22,23)(H,24,25)/t16-/m0/s1. The van der Waals surface area contributed by atoms with Gasteiger partial charge in [0.25, 0.3) is 5.91 Å². The van der Waals surface area contributed by atoms with Gasteiger partial charge in [-0.3, -0.25) is 4.79 Å². The van der Waals surface area contributed by atoms with Crippen LogP contribution in [0.15, 0.2) is 42.5 Å². The summed E-state index contributed by atoms with van der Waals surface area (Å²) in [7, 11) is 1.45. The van der Waals surface area contributed by atoms with Gasteiger partial charge in [0.15, 0.2) is 11.5 Å². The molecule has 2 aromatic rings. The highest BCUT2D eigenvalue weighted by Crippen LogP contribution is 2.36. The second-order valence-corrected chi connectivity index (χ2v) is 6.30. The molecule has 0 aliphatic heterocycles. The fourth-order valence-electron chi connectivity index (χ4n) is 2.49. The summed E-state index contributed by atoms with van der Waals surface area (Å²) in [6.45, 7) is 2.42. The predicted octanol–water partition coefficient (Wildman–Crippen LogP) is 3.56. The Labute approximate surface area is 163 Å². The van der Waals surface area contributed by atoms with Crippen LogP contribution < -0.4 is 14.8 Å². The summed E-state index contributed by atoms with van der Waals surface area (Å²) in [5.74, 6) is -0.999. The number of amides is 1. The maximum atomic E-state index is 12.6. The number of carbonyl (C=O) groups excluding carboxylic acids is 1. The zero-order valence-electron chi connectivity index (χ0n) is 15.2. The lowest BCUT2D eigenvalue weighted by atomic mass is 10.1. The molecule has 0 heterocycles. The molecule has 7 heteroatoms. The van der Waals surface area contributed by atoms with E-state index in [2.05, 4.69) is 5.32 Å². The Morgan fingerprint density at radius 3 is 2.52 bits per heavy atom. The lowest BCUT2D eigenvalue weighted by molar-refractivity contribution is -0.139. The van der Waals surface area contributed by atoms with Gasteiger partial charge in [-0.1, -0.05) is 48.9 Å². The first-order chi connectivity index (χ1) is 13.0. The van der Waals surface area contributed by atoms with Gasteiger partial charge in [-0.05, 0) is 24.1 Å². The largest absolute Gasteiger partial charge is 0.493 e. The summed E-state index contributed by atoms with van der Waals surface area (Å²) in [6.07, 6.45) is 0.964. The number of carboxylic acid groups (broad SMARTS) is 1. The van der Waals surface area contributed by atoms with E-state index < -0.39 is 17.9 Å². The Balaban J connectivity index is 2.20. The van der Waals surface area contributed by atoms with Crippen LogP contribution in [0.1, 0.15) is 29.3 Å². The minimum atomic E-state index is -1.12. The molecule has 0 fully saturated rings.